The van der Waals surface area contributed by atoms with Crippen LogP contribution in [0.3, 0.4) is 0 Å². The Kier molecular flexibility index (Phi) is 5.75. The molecule has 0 amide bonds. The van der Waals surface area contributed by atoms with Gasteiger partial charge in [0.25, 0.3) is 0 Å². The maximum atomic E-state index is 9.59. The molecule has 1 aromatic rings. The predicted octanol–water partition coefficient (Wildman–Crippen LogP) is 2.93. The highest BCUT2D eigenvalue weighted by Crippen LogP contribution is 2.21. The molecule has 2 N–H and O–H groups in total. The summed E-state index contributed by atoms with van der Waals surface area (Å²) in [6, 6.07) is 8.05. The number of rotatable bonds is 5. The van der Waals surface area contributed by atoms with Crippen molar-refractivity contribution in [2.75, 3.05) is 18.0 Å². The van der Waals surface area contributed by atoms with Gasteiger partial charge in [0.05, 0.1) is 12.2 Å². The van der Waals surface area contributed by atoms with E-state index in [9.17, 15) is 10.2 Å². The van der Waals surface area contributed by atoms with Crippen molar-refractivity contribution < 1.29 is 10.2 Å². The molecule has 1 saturated heterocycles. The molecule has 1 aliphatic heterocycles. The molecule has 3 nitrogen and oxygen atoms in total. The molecule has 0 bridgehead atoms. The van der Waals surface area contributed by atoms with Crippen LogP contribution in [0.2, 0.25) is 0 Å². The number of anilines is 1. The van der Waals surface area contributed by atoms with E-state index in [0.717, 1.165) is 16.8 Å². The van der Waals surface area contributed by atoms with Crippen molar-refractivity contribution >= 4 is 11.8 Å². The number of β-amino-alcohol motifs (C(OH)–C–C–N with tert-alkyl or cyclic N) is 2. The molecule has 2 rings (SSSR count). The van der Waals surface area contributed by atoms with E-state index in [4.69, 9.17) is 0 Å². The van der Waals surface area contributed by atoms with Gasteiger partial charge in [0.15, 0.2) is 0 Å². The third kappa shape index (κ3) is 4.45. The molecular weight excluding hydrogens is 274 g/mol. The molecule has 0 saturated carbocycles. The summed E-state index contributed by atoms with van der Waals surface area (Å²) >= 11 is 0. The normalized spacial score (nSPS) is 22.4. The zero-order valence-electron chi connectivity index (χ0n) is 12.9. The van der Waals surface area contributed by atoms with Crippen LogP contribution in [0.5, 0.6) is 0 Å². The van der Waals surface area contributed by atoms with Gasteiger partial charge in [-0.15, -0.1) is 0 Å². The largest absolute Gasteiger partial charge is 0.389 e. The van der Waals surface area contributed by atoms with E-state index in [0.29, 0.717) is 13.1 Å². The van der Waals surface area contributed by atoms with E-state index in [-0.39, 0.29) is 0 Å². The zero-order chi connectivity index (χ0) is 15.9. The third-order valence-electron chi connectivity index (χ3n) is 3.62. The van der Waals surface area contributed by atoms with Crippen LogP contribution < -0.4 is 4.90 Å². The minimum absolute atomic E-state index is 0.475. The highest BCUT2D eigenvalue weighted by atomic mass is 16.3. The number of allylic oxidation sites excluding steroid dienone is 6. The fraction of sp³-hybridized carbons (Fsp3) is 0.263. The second kappa shape index (κ2) is 7.78. The molecule has 0 aliphatic carbocycles. The van der Waals surface area contributed by atoms with Crippen molar-refractivity contribution in [1.82, 2.24) is 0 Å². The topological polar surface area (TPSA) is 43.7 Å². The molecule has 1 aromatic carbocycles. The first-order valence-corrected chi connectivity index (χ1v) is 7.47. The van der Waals surface area contributed by atoms with Crippen LogP contribution in [0.4, 0.5) is 5.69 Å². The molecule has 22 heavy (non-hydrogen) atoms. The SMILES string of the molecule is C=C(/C=C\C=C/C)/C=C/c1ccc(N2CC(O)C(O)C2)cc1. The second-order valence-electron chi connectivity index (χ2n) is 5.42. The first-order chi connectivity index (χ1) is 10.6. The summed E-state index contributed by atoms with van der Waals surface area (Å²) in [5.41, 5.74) is 3.04. The van der Waals surface area contributed by atoms with Gasteiger partial charge in [-0.3, -0.25) is 0 Å². The van der Waals surface area contributed by atoms with E-state index >= 15 is 0 Å². The van der Waals surface area contributed by atoms with Gasteiger partial charge in [0.2, 0.25) is 0 Å². The first kappa shape index (κ1) is 16.3. The second-order valence-corrected chi connectivity index (χ2v) is 5.42. The smallest absolute Gasteiger partial charge is 0.0990 e. The summed E-state index contributed by atoms with van der Waals surface area (Å²) in [6.07, 6.45) is 10.5. The summed E-state index contributed by atoms with van der Waals surface area (Å²) in [7, 11) is 0. The minimum Gasteiger partial charge on any atom is -0.389 e. The standard InChI is InChI=1S/C19H23NO2/c1-3-4-5-6-15(2)7-8-16-9-11-17(12-10-16)20-13-18(21)19(22)14-20/h3-12,18-19,21-22H,2,13-14H2,1H3/b4-3-,6-5-,8-7+. The average Bonchev–Trinajstić information content (AvgIpc) is 2.85. The summed E-state index contributed by atoms with van der Waals surface area (Å²) in [5, 5.41) is 19.2. The van der Waals surface area contributed by atoms with Crippen LogP contribution in [-0.4, -0.2) is 35.5 Å². The number of hydrogen-bond donors (Lipinski definition) is 2. The molecule has 0 spiro atoms. The molecule has 116 valence electrons. The van der Waals surface area contributed by atoms with Gasteiger partial charge in [0, 0.05) is 18.8 Å². The quantitative estimate of drug-likeness (QED) is 0.821. The van der Waals surface area contributed by atoms with E-state index in [1.54, 1.807) is 0 Å². The summed E-state index contributed by atoms with van der Waals surface area (Å²) in [5.74, 6) is 0. The lowest BCUT2D eigenvalue weighted by Crippen LogP contribution is -2.22. The van der Waals surface area contributed by atoms with Gasteiger partial charge in [-0.2, -0.15) is 0 Å². The predicted molar refractivity (Wildman–Crippen MR) is 92.8 cm³/mol. The number of hydrogen-bond acceptors (Lipinski definition) is 3. The number of benzene rings is 1. The van der Waals surface area contributed by atoms with E-state index in [2.05, 4.69) is 6.58 Å². The Balaban J connectivity index is 1.96. The minimum atomic E-state index is -0.660. The lowest BCUT2D eigenvalue weighted by molar-refractivity contribution is 0.0572. The first-order valence-electron chi connectivity index (χ1n) is 7.47. The van der Waals surface area contributed by atoms with E-state index in [1.165, 1.54) is 0 Å². The summed E-state index contributed by atoms with van der Waals surface area (Å²) in [6.45, 7) is 6.89. The monoisotopic (exact) mass is 297 g/mol. The van der Waals surface area contributed by atoms with E-state index < -0.39 is 12.2 Å². The Labute approximate surface area is 132 Å². The van der Waals surface area contributed by atoms with Gasteiger partial charge < -0.3 is 15.1 Å². The van der Waals surface area contributed by atoms with Crippen molar-refractivity contribution in [3.63, 3.8) is 0 Å². The van der Waals surface area contributed by atoms with Gasteiger partial charge in [-0.25, -0.2) is 0 Å². The Bertz CT molecular complexity index is 574. The van der Waals surface area contributed by atoms with Crippen LogP contribution in [0.15, 0.2) is 66.8 Å². The molecular formula is C19H23NO2. The fourth-order valence-electron chi connectivity index (χ4n) is 2.33. The number of aliphatic hydroxyl groups is 2. The van der Waals surface area contributed by atoms with Gasteiger partial charge in [-0.05, 0) is 30.2 Å². The van der Waals surface area contributed by atoms with Crippen molar-refractivity contribution in [3.05, 3.63) is 72.4 Å². The van der Waals surface area contributed by atoms with Crippen LogP contribution in [0.1, 0.15) is 12.5 Å². The lowest BCUT2D eigenvalue weighted by Gasteiger charge is -2.17. The Hall–Kier alpha value is -2.10. The van der Waals surface area contributed by atoms with Crippen LogP contribution >= 0.6 is 0 Å². The van der Waals surface area contributed by atoms with Crippen molar-refractivity contribution in [3.8, 4) is 0 Å². The summed E-state index contributed by atoms with van der Waals surface area (Å²) < 4.78 is 0. The molecule has 0 radical (unpaired) electrons. The Morgan fingerprint density at radius 1 is 1.09 bits per heavy atom. The number of nitrogens with zero attached hydrogens (tertiary/aromatic N) is 1. The molecule has 1 fully saturated rings. The zero-order valence-corrected chi connectivity index (χ0v) is 12.9. The van der Waals surface area contributed by atoms with Crippen molar-refractivity contribution in [2.45, 2.75) is 19.1 Å². The molecule has 0 aromatic heterocycles. The molecule has 3 heteroatoms. The Morgan fingerprint density at radius 2 is 1.73 bits per heavy atom. The number of aliphatic hydroxyl groups excluding tert-OH is 2. The maximum absolute atomic E-state index is 9.59. The molecule has 1 aliphatic rings. The van der Waals surface area contributed by atoms with Crippen molar-refractivity contribution in [2.24, 2.45) is 0 Å². The summed E-state index contributed by atoms with van der Waals surface area (Å²) in [4.78, 5) is 1.99. The molecule has 2 atom stereocenters. The third-order valence-corrected chi connectivity index (χ3v) is 3.62. The fourth-order valence-corrected chi connectivity index (χ4v) is 2.33. The van der Waals surface area contributed by atoms with Crippen molar-refractivity contribution in [1.29, 1.82) is 0 Å². The lowest BCUT2D eigenvalue weighted by atomic mass is 10.1. The Morgan fingerprint density at radius 3 is 2.32 bits per heavy atom. The maximum Gasteiger partial charge on any atom is 0.0990 e. The average molecular weight is 297 g/mol. The van der Waals surface area contributed by atoms with Gasteiger partial charge >= 0.3 is 0 Å². The van der Waals surface area contributed by atoms with Gasteiger partial charge in [-0.1, -0.05) is 55.2 Å². The van der Waals surface area contributed by atoms with E-state index in [1.807, 2.05) is 72.5 Å². The van der Waals surface area contributed by atoms with Crippen LogP contribution in [0.25, 0.3) is 6.08 Å². The molecule has 2 unspecified atom stereocenters. The molecule has 1 heterocycles. The van der Waals surface area contributed by atoms with Gasteiger partial charge in [0.1, 0.15) is 0 Å². The highest BCUT2D eigenvalue weighted by molar-refractivity contribution is 5.59. The van der Waals surface area contributed by atoms with Crippen LogP contribution in [0, 0.1) is 0 Å². The van der Waals surface area contributed by atoms with Crippen LogP contribution in [-0.2, 0) is 0 Å². The highest BCUT2D eigenvalue weighted by Gasteiger charge is 2.29.